The van der Waals surface area contributed by atoms with Gasteiger partial charge in [-0.15, -0.1) is 0 Å². The molecule has 0 aliphatic rings. The van der Waals surface area contributed by atoms with Crippen LogP contribution in [0.3, 0.4) is 0 Å². The first kappa shape index (κ1) is 7.63. The Kier molecular flexibility index (Phi) is 2.01. The molecule has 5 heteroatoms. The van der Waals surface area contributed by atoms with Gasteiger partial charge in [-0.25, -0.2) is 4.79 Å². The van der Waals surface area contributed by atoms with Crippen LogP contribution in [0.15, 0.2) is 15.2 Å². The van der Waals surface area contributed by atoms with E-state index in [4.69, 9.17) is 16.7 Å². The van der Waals surface area contributed by atoms with E-state index in [0.717, 1.165) is 0 Å². The van der Waals surface area contributed by atoms with Crippen LogP contribution < -0.4 is 0 Å². The lowest BCUT2D eigenvalue weighted by Crippen LogP contribution is -1.92. The summed E-state index contributed by atoms with van der Waals surface area (Å²) in [5, 5.41) is 8.30. The maximum absolute atomic E-state index is 10.3. The molecule has 0 spiro atoms. The molecule has 3 nitrogen and oxygen atoms in total. The Labute approximate surface area is 69.7 Å². The Morgan fingerprint density at radius 1 is 1.80 bits per heavy atom. The first-order valence-electron chi connectivity index (χ1n) is 2.29. The SMILES string of the molecule is O=C(O)c1cc(Br)oc1Cl. The van der Waals surface area contributed by atoms with E-state index in [9.17, 15) is 4.79 Å². The number of rotatable bonds is 1. The van der Waals surface area contributed by atoms with Gasteiger partial charge in [-0.1, -0.05) is 0 Å². The van der Waals surface area contributed by atoms with Gasteiger partial charge in [0.1, 0.15) is 5.56 Å². The van der Waals surface area contributed by atoms with E-state index < -0.39 is 5.97 Å². The predicted molar refractivity (Wildman–Crippen MR) is 38.4 cm³/mol. The Morgan fingerprint density at radius 3 is 2.60 bits per heavy atom. The highest BCUT2D eigenvalue weighted by atomic mass is 79.9. The molecule has 1 heterocycles. The quantitative estimate of drug-likeness (QED) is 0.798. The van der Waals surface area contributed by atoms with E-state index in [-0.39, 0.29) is 10.8 Å². The summed E-state index contributed by atoms with van der Waals surface area (Å²) in [5.74, 6) is -1.10. The van der Waals surface area contributed by atoms with Gasteiger partial charge in [-0.3, -0.25) is 0 Å². The predicted octanol–water partition coefficient (Wildman–Crippen LogP) is 2.39. The maximum Gasteiger partial charge on any atom is 0.340 e. The highest BCUT2D eigenvalue weighted by molar-refractivity contribution is 9.10. The maximum atomic E-state index is 10.3. The Morgan fingerprint density at radius 2 is 2.40 bits per heavy atom. The van der Waals surface area contributed by atoms with Crippen molar-refractivity contribution >= 4 is 33.5 Å². The van der Waals surface area contributed by atoms with Crippen molar-refractivity contribution in [2.24, 2.45) is 0 Å². The molecule has 0 fully saturated rings. The molecule has 1 aromatic rings. The van der Waals surface area contributed by atoms with E-state index in [2.05, 4.69) is 20.3 Å². The van der Waals surface area contributed by atoms with Crippen LogP contribution in [0.25, 0.3) is 0 Å². The molecule has 1 rings (SSSR count). The van der Waals surface area contributed by atoms with Crippen molar-refractivity contribution in [3.8, 4) is 0 Å². The number of carboxylic acids is 1. The molecule has 0 aliphatic heterocycles. The molecule has 54 valence electrons. The minimum atomic E-state index is -1.10. The third kappa shape index (κ3) is 1.33. The second-order valence-corrected chi connectivity index (χ2v) is 2.67. The van der Waals surface area contributed by atoms with Gasteiger partial charge in [0.25, 0.3) is 0 Å². The largest absolute Gasteiger partial charge is 0.478 e. The smallest absolute Gasteiger partial charge is 0.340 e. The summed E-state index contributed by atoms with van der Waals surface area (Å²) in [6, 6.07) is 1.30. The van der Waals surface area contributed by atoms with Gasteiger partial charge in [-0.2, -0.15) is 0 Å². The second-order valence-electron chi connectivity index (χ2n) is 1.54. The number of hydrogen-bond acceptors (Lipinski definition) is 2. The second kappa shape index (κ2) is 2.64. The third-order valence-electron chi connectivity index (χ3n) is 0.887. The van der Waals surface area contributed by atoms with Crippen LogP contribution in [-0.4, -0.2) is 11.1 Å². The van der Waals surface area contributed by atoms with Gasteiger partial charge in [-0.05, 0) is 27.5 Å². The Hall–Kier alpha value is -0.480. The Balaban J connectivity index is 3.15. The molecule has 0 radical (unpaired) electrons. The fraction of sp³-hybridized carbons (Fsp3) is 0. The molecule has 0 unspecified atom stereocenters. The Bertz CT molecular complexity index is 268. The molecular formula is C5H2BrClO3. The highest BCUT2D eigenvalue weighted by Crippen LogP contribution is 2.24. The monoisotopic (exact) mass is 224 g/mol. The van der Waals surface area contributed by atoms with Gasteiger partial charge < -0.3 is 9.52 Å². The summed E-state index contributed by atoms with van der Waals surface area (Å²) in [4.78, 5) is 10.3. The lowest BCUT2D eigenvalue weighted by molar-refractivity contribution is 0.0696. The average Bonchev–Trinajstić information content (AvgIpc) is 2.10. The zero-order valence-electron chi connectivity index (χ0n) is 4.60. The molecule has 0 aliphatic carbocycles. The van der Waals surface area contributed by atoms with Gasteiger partial charge in [0.05, 0.1) is 0 Å². The van der Waals surface area contributed by atoms with Crippen molar-refractivity contribution in [3.63, 3.8) is 0 Å². The summed E-state index contributed by atoms with van der Waals surface area (Å²) in [6.07, 6.45) is 0. The van der Waals surface area contributed by atoms with Crippen LogP contribution in [0.1, 0.15) is 10.4 Å². The first-order chi connectivity index (χ1) is 4.61. The van der Waals surface area contributed by atoms with Gasteiger partial charge >= 0.3 is 5.97 Å². The van der Waals surface area contributed by atoms with Crippen LogP contribution in [0.4, 0.5) is 0 Å². The topological polar surface area (TPSA) is 50.4 Å². The lowest BCUT2D eigenvalue weighted by Gasteiger charge is -1.82. The van der Waals surface area contributed by atoms with E-state index >= 15 is 0 Å². The summed E-state index contributed by atoms with van der Waals surface area (Å²) < 4.78 is 4.99. The standard InChI is InChI=1S/C5H2BrClO3/c6-3-1-2(5(8)9)4(7)10-3/h1H,(H,8,9). The molecule has 0 saturated carbocycles. The first-order valence-corrected chi connectivity index (χ1v) is 3.46. The summed E-state index contributed by atoms with van der Waals surface area (Å²) in [6.45, 7) is 0. The molecule has 10 heavy (non-hydrogen) atoms. The van der Waals surface area contributed by atoms with Crippen molar-refractivity contribution in [2.45, 2.75) is 0 Å². The zero-order valence-corrected chi connectivity index (χ0v) is 6.94. The number of furan rings is 1. The minimum absolute atomic E-state index is 0.0338. The van der Waals surface area contributed by atoms with E-state index in [1.807, 2.05) is 0 Å². The van der Waals surface area contributed by atoms with Crippen LogP contribution in [0, 0.1) is 0 Å². The molecule has 0 aromatic carbocycles. The number of carbonyl (C=O) groups is 1. The molecule has 1 N–H and O–H groups in total. The van der Waals surface area contributed by atoms with Gasteiger partial charge in [0.15, 0.2) is 4.67 Å². The normalized spacial score (nSPS) is 9.80. The van der Waals surface area contributed by atoms with E-state index in [1.54, 1.807) is 0 Å². The number of halogens is 2. The summed E-state index contributed by atoms with van der Waals surface area (Å²) in [7, 11) is 0. The van der Waals surface area contributed by atoms with Crippen molar-refractivity contribution in [1.82, 2.24) is 0 Å². The van der Waals surface area contributed by atoms with Crippen molar-refractivity contribution < 1.29 is 14.3 Å². The number of carboxylic acid groups (broad SMARTS) is 1. The minimum Gasteiger partial charge on any atom is -0.478 e. The van der Waals surface area contributed by atoms with E-state index in [0.29, 0.717) is 4.67 Å². The molecular weight excluding hydrogens is 223 g/mol. The molecule has 0 atom stereocenters. The number of hydrogen-bond donors (Lipinski definition) is 1. The van der Waals surface area contributed by atoms with Crippen LogP contribution in [-0.2, 0) is 0 Å². The average molecular weight is 225 g/mol. The molecule has 1 aromatic heterocycles. The van der Waals surface area contributed by atoms with Gasteiger partial charge in [0.2, 0.25) is 5.22 Å². The fourth-order valence-electron chi connectivity index (χ4n) is 0.486. The van der Waals surface area contributed by atoms with Crippen molar-refractivity contribution in [1.29, 1.82) is 0 Å². The van der Waals surface area contributed by atoms with E-state index in [1.165, 1.54) is 6.07 Å². The highest BCUT2D eigenvalue weighted by Gasteiger charge is 2.13. The van der Waals surface area contributed by atoms with Gasteiger partial charge in [0, 0.05) is 6.07 Å². The lowest BCUT2D eigenvalue weighted by atomic mass is 10.4. The zero-order chi connectivity index (χ0) is 7.72. The third-order valence-corrected chi connectivity index (χ3v) is 1.56. The fourth-order valence-corrected chi connectivity index (χ4v) is 1.19. The molecule has 0 saturated heterocycles. The summed E-state index contributed by atoms with van der Waals surface area (Å²) >= 11 is 8.30. The van der Waals surface area contributed by atoms with Crippen LogP contribution >= 0.6 is 27.5 Å². The number of aromatic carboxylic acids is 1. The molecule has 0 amide bonds. The van der Waals surface area contributed by atoms with Crippen LogP contribution in [0.5, 0.6) is 0 Å². The van der Waals surface area contributed by atoms with Crippen molar-refractivity contribution in [2.75, 3.05) is 0 Å². The summed E-state index contributed by atoms with van der Waals surface area (Å²) in [5.41, 5.74) is -0.0338. The van der Waals surface area contributed by atoms with Crippen LogP contribution in [0.2, 0.25) is 5.22 Å². The molecule has 0 bridgehead atoms. The van der Waals surface area contributed by atoms with Crippen molar-refractivity contribution in [3.05, 3.63) is 21.5 Å².